The number of halogens is 3. The number of amides is 1. The van der Waals surface area contributed by atoms with Gasteiger partial charge in [-0.1, -0.05) is 11.6 Å². The molecule has 0 unspecified atom stereocenters. The number of fused-ring (bicyclic) bond motifs is 1. The average molecular weight is 551 g/mol. The van der Waals surface area contributed by atoms with Gasteiger partial charge in [-0.2, -0.15) is 4.68 Å². The van der Waals surface area contributed by atoms with Crippen LogP contribution in [0.4, 0.5) is 8.78 Å². The number of nitrogens with zero attached hydrogens (tertiary/aromatic N) is 7. The summed E-state index contributed by atoms with van der Waals surface area (Å²) in [5, 5.41) is 21.4. The molecule has 2 fully saturated rings. The fourth-order valence-electron chi connectivity index (χ4n) is 5.68. The molecule has 1 saturated heterocycles. The number of imidazole rings is 1. The van der Waals surface area contributed by atoms with E-state index in [1.807, 2.05) is 0 Å². The molecule has 13 heteroatoms. The zero-order valence-corrected chi connectivity index (χ0v) is 21.1. The quantitative estimate of drug-likeness (QED) is 0.386. The number of carbonyl (C=O) groups excluding carboxylic acids is 1. The molecule has 3 aromatic heterocycles. The molecule has 2 aliphatic heterocycles. The molecule has 1 aliphatic carbocycles. The molecule has 0 spiro atoms. The highest BCUT2D eigenvalue weighted by Crippen LogP contribution is 2.47. The molecular formula is C26H21ClF2N8O2. The zero-order chi connectivity index (χ0) is 26.9. The van der Waals surface area contributed by atoms with Crippen molar-refractivity contribution in [3.05, 3.63) is 76.7 Å². The number of nitrogens with one attached hydrogen (secondary N) is 1. The van der Waals surface area contributed by atoms with Gasteiger partial charge in [-0.15, -0.1) is 5.10 Å². The molecule has 1 aromatic carbocycles. The van der Waals surface area contributed by atoms with Gasteiger partial charge in [0, 0.05) is 29.4 Å². The van der Waals surface area contributed by atoms with Crippen LogP contribution < -0.4 is 0 Å². The summed E-state index contributed by atoms with van der Waals surface area (Å²) >= 11 is 6.10. The number of tetrazole rings is 1. The van der Waals surface area contributed by atoms with E-state index in [1.165, 1.54) is 41.6 Å². The van der Waals surface area contributed by atoms with Gasteiger partial charge >= 0.3 is 0 Å². The van der Waals surface area contributed by atoms with Crippen molar-refractivity contribution < 1.29 is 18.7 Å². The Morgan fingerprint density at radius 3 is 2.74 bits per heavy atom. The topological polar surface area (TPSA) is 126 Å². The van der Waals surface area contributed by atoms with Crippen LogP contribution in [0.3, 0.4) is 0 Å². The maximum absolute atomic E-state index is 15.3. The van der Waals surface area contributed by atoms with E-state index in [1.54, 1.807) is 11.0 Å². The molecule has 2 atom stereocenters. The number of aromatic amines is 1. The predicted molar refractivity (Wildman–Crippen MR) is 134 cm³/mol. The highest BCUT2D eigenvalue weighted by molar-refractivity contribution is 6.31. The third-order valence-electron chi connectivity index (χ3n) is 7.75. The van der Waals surface area contributed by atoms with Gasteiger partial charge in [0.25, 0.3) is 0 Å². The number of rotatable bonds is 5. The summed E-state index contributed by atoms with van der Waals surface area (Å²) in [5.74, 6) is -0.974. The Morgan fingerprint density at radius 1 is 1.13 bits per heavy atom. The summed E-state index contributed by atoms with van der Waals surface area (Å²) in [7, 11) is 0. The summed E-state index contributed by atoms with van der Waals surface area (Å²) in [4.78, 5) is 26.9. The number of benzene rings is 1. The summed E-state index contributed by atoms with van der Waals surface area (Å²) in [5.41, 5.74) is 0.603. The fraction of sp³-hybridized carbons (Fsp3) is 0.308. The number of aromatic nitrogens is 7. The number of carbonyl (C=O) groups is 1. The second-order valence-electron chi connectivity index (χ2n) is 10.1. The normalized spacial score (nSPS) is 21.7. The van der Waals surface area contributed by atoms with Gasteiger partial charge in [-0.25, -0.2) is 13.8 Å². The van der Waals surface area contributed by atoms with Gasteiger partial charge in [0.15, 0.2) is 11.6 Å². The lowest BCUT2D eigenvalue weighted by atomic mass is 9.92. The second kappa shape index (κ2) is 8.75. The Hall–Kier alpha value is -4.03. The van der Waals surface area contributed by atoms with Gasteiger partial charge in [0.05, 0.1) is 28.6 Å². The van der Waals surface area contributed by atoms with Crippen molar-refractivity contribution in [3.8, 4) is 16.9 Å². The molecule has 1 saturated carbocycles. The minimum Gasteiger partial charge on any atom is -0.383 e. The van der Waals surface area contributed by atoms with Crippen LogP contribution in [0.15, 0.2) is 43.0 Å². The number of pyridine rings is 1. The number of aliphatic hydroxyl groups is 1. The Labute approximate surface area is 225 Å². The molecule has 0 bridgehead atoms. The molecule has 5 heterocycles. The second-order valence-corrected chi connectivity index (χ2v) is 10.5. The van der Waals surface area contributed by atoms with E-state index in [0.717, 1.165) is 0 Å². The van der Waals surface area contributed by atoms with E-state index in [9.17, 15) is 9.90 Å². The minimum absolute atomic E-state index is 0.0373. The number of hydrogen-bond acceptors (Lipinski definition) is 7. The monoisotopic (exact) mass is 550 g/mol. The third-order valence-corrected chi connectivity index (χ3v) is 8.05. The SMILES string of the molecule is O=C1C=C(c2c(-n3cnnn3)ccc(Cl)c2F)C[C@H]2CC[C@H](c3ncc(-c4ccnc(C5(O)CC5)c4F)[nH]3)N12. The molecule has 3 aliphatic rings. The van der Waals surface area contributed by atoms with Crippen LogP contribution in [0.1, 0.15) is 55.2 Å². The van der Waals surface area contributed by atoms with Gasteiger partial charge in [0.2, 0.25) is 5.91 Å². The van der Waals surface area contributed by atoms with Crippen molar-refractivity contribution in [1.82, 2.24) is 40.1 Å². The van der Waals surface area contributed by atoms with Crippen molar-refractivity contribution in [2.24, 2.45) is 0 Å². The summed E-state index contributed by atoms with van der Waals surface area (Å²) in [6.45, 7) is 0. The maximum atomic E-state index is 15.3. The highest BCUT2D eigenvalue weighted by atomic mass is 35.5. The minimum atomic E-state index is -1.21. The van der Waals surface area contributed by atoms with E-state index >= 15 is 8.78 Å². The lowest BCUT2D eigenvalue weighted by molar-refractivity contribution is -0.129. The van der Waals surface area contributed by atoms with Crippen LogP contribution in [0, 0.1) is 11.6 Å². The van der Waals surface area contributed by atoms with E-state index in [-0.39, 0.29) is 39.8 Å². The number of H-pyrrole nitrogens is 1. The summed E-state index contributed by atoms with van der Waals surface area (Å²) in [6.07, 6.45) is 8.42. The molecule has 7 rings (SSSR count). The van der Waals surface area contributed by atoms with Crippen molar-refractivity contribution in [2.75, 3.05) is 0 Å². The van der Waals surface area contributed by atoms with Crippen molar-refractivity contribution in [3.63, 3.8) is 0 Å². The van der Waals surface area contributed by atoms with Crippen LogP contribution in [0.25, 0.3) is 22.5 Å². The van der Waals surface area contributed by atoms with Gasteiger partial charge in [-0.05, 0) is 66.3 Å². The third kappa shape index (κ3) is 3.85. The first-order chi connectivity index (χ1) is 18.8. The largest absolute Gasteiger partial charge is 0.383 e. The highest BCUT2D eigenvalue weighted by Gasteiger charge is 2.46. The van der Waals surface area contributed by atoms with E-state index < -0.39 is 17.2 Å². The van der Waals surface area contributed by atoms with Crippen molar-refractivity contribution >= 4 is 23.1 Å². The van der Waals surface area contributed by atoms with Crippen LogP contribution in [0.2, 0.25) is 5.02 Å². The molecule has 39 heavy (non-hydrogen) atoms. The Balaban J connectivity index is 1.20. The van der Waals surface area contributed by atoms with Gasteiger partial charge in [-0.3, -0.25) is 9.78 Å². The number of hydrogen-bond donors (Lipinski definition) is 2. The predicted octanol–water partition coefficient (Wildman–Crippen LogP) is 3.88. The lowest BCUT2D eigenvalue weighted by Crippen LogP contribution is -2.39. The van der Waals surface area contributed by atoms with Crippen LogP contribution in [-0.4, -0.2) is 57.1 Å². The Morgan fingerprint density at radius 2 is 1.97 bits per heavy atom. The Kier molecular flexibility index (Phi) is 5.39. The Bertz CT molecular complexity index is 1650. The molecule has 1 amide bonds. The molecule has 0 radical (unpaired) electrons. The van der Waals surface area contributed by atoms with Crippen LogP contribution in [0.5, 0.6) is 0 Å². The molecular weight excluding hydrogens is 530 g/mol. The standard InChI is InChI=1S/C26H21ClF2N8O2/c27-16-2-4-18(36-12-32-34-35-36)21(23(16)29)13-9-14-1-3-19(37(14)20(38)10-13)25-31-11-17(33-25)15-5-8-30-24(22(15)28)26(39)6-7-26/h2,4-5,8,10-12,14,19,39H,1,3,6-7,9H2,(H,31,33)/t14-,19-/m1/s1. The average Bonchev–Trinajstić information content (AvgIpc) is 3.38. The first-order valence-corrected chi connectivity index (χ1v) is 12.9. The zero-order valence-electron chi connectivity index (χ0n) is 20.4. The molecule has 10 nitrogen and oxygen atoms in total. The van der Waals surface area contributed by atoms with Gasteiger partial charge in [0.1, 0.15) is 23.4 Å². The van der Waals surface area contributed by atoms with E-state index in [0.29, 0.717) is 54.9 Å². The van der Waals surface area contributed by atoms with E-state index in [2.05, 4.69) is 30.5 Å². The summed E-state index contributed by atoms with van der Waals surface area (Å²) < 4.78 is 31.9. The van der Waals surface area contributed by atoms with Crippen LogP contribution >= 0.6 is 11.6 Å². The molecule has 2 N–H and O–H groups in total. The van der Waals surface area contributed by atoms with E-state index in [4.69, 9.17) is 11.6 Å². The molecule has 4 aromatic rings. The lowest BCUT2D eigenvalue weighted by Gasteiger charge is -2.33. The van der Waals surface area contributed by atoms with Crippen molar-refractivity contribution in [2.45, 2.75) is 49.8 Å². The fourth-order valence-corrected chi connectivity index (χ4v) is 5.84. The van der Waals surface area contributed by atoms with Crippen molar-refractivity contribution in [1.29, 1.82) is 0 Å². The van der Waals surface area contributed by atoms with Gasteiger partial charge < -0.3 is 15.0 Å². The summed E-state index contributed by atoms with van der Waals surface area (Å²) in [6, 6.07) is 4.03. The molecule has 198 valence electrons. The first-order valence-electron chi connectivity index (χ1n) is 12.5. The smallest absolute Gasteiger partial charge is 0.247 e. The first kappa shape index (κ1) is 24.0. The van der Waals surface area contributed by atoms with Crippen LogP contribution in [-0.2, 0) is 10.4 Å². The maximum Gasteiger partial charge on any atom is 0.247 e.